The monoisotopic (exact) mass is 596 g/mol. The van der Waals surface area contributed by atoms with Crippen molar-refractivity contribution in [3.8, 4) is 17.6 Å². The van der Waals surface area contributed by atoms with E-state index in [2.05, 4.69) is 51.3 Å². The molecule has 10 heteroatoms. The molecule has 1 aliphatic rings. The summed E-state index contributed by atoms with van der Waals surface area (Å²) in [6.45, 7) is 9.00. The maximum absolute atomic E-state index is 13.2. The van der Waals surface area contributed by atoms with Crippen LogP contribution in [0.4, 0.5) is 11.4 Å². The molecule has 0 bridgehead atoms. The van der Waals surface area contributed by atoms with Crippen molar-refractivity contribution in [1.29, 1.82) is 0 Å². The molecule has 0 aliphatic carbocycles. The SMILES string of the molecule is CCN(CC)CCCc1cccc(NC(=O)C2=CN=C[C@H](C#Cc3cccc(NC(=O)c4cc(C)nn4C)c3)C2=S)c1O. The van der Waals surface area contributed by atoms with Crippen molar-refractivity contribution in [2.45, 2.75) is 33.6 Å². The largest absolute Gasteiger partial charge is 0.505 e. The molecule has 3 aromatic rings. The third-order valence-corrected chi connectivity index (χ3v) is 7.61. The molecule has 1 aliphatic heterocycles. The molecule has 1 atom stereocenters. The molecule has 1 aromatic heterocycles. The van der Waals surface area contributed by atoms with Gasteiger partial charge >= 0.3 is 0 Å². The smallest absolute Gasteiger partial charge is 0.273 e. The van der Waals surface area contributed by atoms with E-state index in [-0.39, 0.29) is 17.2 Å². The van der Waals surface area contributed by atoms with Gasteiger partial charge in [-0.15, -0.1) is 0 Å². The summed E-state index contributed by atoms with van der Waals surface area (Å²) in [6.07, 6.45) is 4.60. The highest BCUT2D eigenvalue weighted by molar-refractivity contribution is 7.81. The van der Waals surface area contributed by atoms with Crippen LogP contribution in [0.25, 0.3) is 0 Å². The van der Waals surface area contributed by atoms with E-state index in [0.717, 1.165) is 37.3 Å². The third kappa shape index (κ3) is 8.03. The second-order valence-corrected chi connectivity index (χ2v) is 10.6. The van der Waals surface area contributed by atoms with Crippen LogP contribution in [0.5, 0.6) is 5.75 Å². The number of aromatic hydroxyl groups is 1. The fourth-order valence-corrected chi connectivity index (χ4v) is 5.01. The average Bonchev–Trinajstić information content (AvgIpc) is 3.34. The molecule has 0 fully saturated rings. The lowest BCUT2D eigenvalue weighted by Gasteiger charge is -2.18. The second kappa shape index (κ2) is 14.5. The Balaban J connectivity index is 1.40. The van der Waals surface area contributed by atoms with E-state index in [0.29, 0.717) is 33.9 Å². The Morgan fingerprint density at radius 3 is 2.58 bits per heavy atom. The molecule has 43 heavy (non-hydrogen) atoms. The van der Waals surface area contributed by atoms with Gasteiger partial charge in [0.1, 0.15) is 11.4 Å². The number of nitrogens with zero attached hydrogens (tertiary/aromatic N) is 4. The first-order chi connectivity index (χ1) is 20.7. The van der Waals surface area contributed by atoms with Crippen LogP contribution in [0, 0.1) is 24.7 Å². The normalized spacial score (nSPS) is 14.2. The summed E-state index contributed by atoms with van der Waals surface area (Å²) in [7, 11) is 1.72. The molecule has 0 unspecified atom stereocenters. The molecule has 3 N–H and O–H groups in total. The van der Waals surface area contributed by atoms with Gasteiger partial charge in [-0.2, -0.15) is 5.10 Å². The van der Waals surface area contributed by atoms with Crippen molar-refractivity contribution in [3.63, 3.8) is 0 Å². The lowest BCUT2D eigenvalue weighted by atomic mass is 9.97. The molecule has 2 amide bonds. The zero-order valence-electron chi connectivity index (χ0n) is 24.8. The number of aliphatic imine (C=N–C) groups is 1. The van der Waals surface area contributed by atoms with Crippen molar-refractivity contribution in [2.75, 3.05) is 30.3 Å². The van der Waals surface area contributed by atoms with Crippen molar-refractivity contribution in [3.05, 3.63) is 82.8 Å². The van der Waals surface area contributed by atoms with Gasteiger partial charge < -0.3 is 20.6 Å². The zero-order valence-corrected chi connectivity index (χ0v) is 25.7. The number of nitrogens with one attached hydrogen (secondary N) is 2. The summed E-state index contributed by atoms with van der Waals surface area (Å²) in [5.74, 6) is 4.93. The summed E-state index contributed by atoms with van der Waals surface area (Å²) >= 11 is 5.62. The number of hydrogen-bond acceptors (Lipinski definition) is 7. The summed E-state index contributed by atoms with van der Waals surface area (Å²) < 4.78 is 1.53. The fraction of sp³-hybridized carbons (Fsp3) is 0.303. The third-order valence-electron chi connectivity index (χ3n) is 7.14. The lowest BCUT2D eigenvalue weighted by Crippen LogP contribution is -2.26. The van der Waals surface area contributed by atoms with E-state index in [1.165, 1.54) is 10.9 Å². The fourth-order valence-electron chi connectivity index (χ4n) is 4.75. The quantitative estimate of drug-likeness (QED) is 0.174. The Hall–Kier alpha value is -4.59. The van der Waals surface area contributed by atoms with Gasteiger partial charge in [0.05, 0.1) is 22.9 Å². The molecule has 0 spiro atoms. The zero-order chi connectivity index (χ0) is 30.9. The van der Waals surface area contributed by atoms with Gasteiger partial charge in [-0.3, -0.25) is 19.3 Å². The highest BCUT2D eigenvalue weighted by Crippen LogP contribution is 2.29. The van der Waals surface area contributed by atoms with Crippen LogP contribution < -0.4 is 10.6 Å². The Morgan fingerprint density at radius 1 is 1.09 bits per heavy atom. The standard InChI is InChI=1S/C33H36N6O3S/c1-5-39(6-2)17-9-12-24-11-8-14-28(30(24)40)36-32(41)27-21-34-20-25(31(27)43)16-15-23-10-7-13-26(19-23)35-33(42)29-18-22(3)37-38(29)4/h7-8,10-11,13-14,18-21,25,40H,5-6,9,12,17H2,1-4H3,(H,35,42)(H,36,41)/t25-/m0/s1. The maximum Gasteiger partial charge on any atom is 0.273 e. The highest BCUT2D eigenvalue weighted by atomic mass is 32.1. The molecular formula is C33H36N6O3S. The Labute approximate surface area is 257 Å². The number of rotatable bonds is 10. The summed E-state index contributed by atoms with van der Waals surface area (Å²) in [5, 5.41) is 20.7. The highest BCUT2D eigenvalue weighted by Gasteiger charge is 2.24. The number of carbonyl (C=O) groups is 2. The molecule has 222 valence electrons. The van der Waals surface area contributed by atoms with Gasteiger partial charge in [-0.05, 0) is 75.3 Å². The number of anilines is 2. The Kier molecular flexibility index (Phi) is 10.6. The van der Waals surface area contributed by atoms with Gasteiger partial charge in [0.2, 0.25) is 0 Å². The minimum Gasteiger partial charge on any atom is -0.505 e. The molecular weight excluding hydrogens is 560 g/mol. The lowest BCUT2D eigenvalue weighted by molar-refractivity contribution is -0.112. The number of benzene rings is 2. The van der Waals surface area contributed by atoms with Crippen LogP contribution >= 0.6 is 12.2 Å². The number of thiocarbonyl (C=S) groups is 1. The molecule has 2 heterocycles. The van der Waals surface area contributed by atoms with Crippen molar-refractivity contribution in [2.24, 2.45) is 18.0 Å². The van der Waals surface area contributed by atoms with Gasteiger partial charge in [0.25, 0.3) is 11.8 Å². The number of hydrogen-bond donors (Lipinski definition) is 3. The Bertz CT molecular complexity index is 1640. The summed E-state index contributed by atoms with van der Waals surface area (Å²) in [4.78, 5) is 32.7. The van der Waals surface area contributed by atoms with Crippen molar-refractivity contribution < 1.29 is 14.7 Å². The average molecular weight is 597 g/mol. The molecule has 2 aromatic carbocycles. The summed E-state index contributed by atoms with van der Waals surface area (Å²) in [5.41, 5.74) is 3.78. The van der Waals surface area contributed by atoms with Crippen LogP contribution in [0.1, 0.15) is 47.6 Å². The van der Waals surface area contributed by atoms with Crippen molar-refractivity contribution in [1.82, 2.24) is 14.7 Å². The number of carbonyl (C=O) groups excluding carboxylic acids is 2. The number of amides is 2. The molecule has 0 saturated heterocycles. The maximum atomic E-state index is 13.2. The Morgan fingerprint density at radius 2 is 1.86 bits per heavy atom. The van der Waals surface area contributed by atoms with Crippen LogP contribution in [0.2, 0.25) is 0 Å². The van der Waals surface area contributed by atoms with Crippen LogP contribution in [-0.2, 0) is 18.3 Å². The first-order valence-corrected chi connectivity index (χ1v) is 14.7. The van der Waals surface area contributed by atoms with Crippen LogP contribution in [0.3, 0.4) is 0 Å². The van der Waals surface area contributed by atoms with E-state index in [1.54, 1.807) is 43.6 Å². The van der Waals surface area contributed by atoms with E-state index in [9.17, 15) is 14.7 Å². The molecule has 9 nitrogen and oxygen atoms in total. The van der Waals surface area contributed by atoms with E-state index in [1.807, 2.05) is 25.1 Å². The molecule has 0 radical (unpaired) electrons. The van der Waals surface area contributed by atoms with Crippen LogP contribution in [0.15, 0.2) is 65.3 Å². The predicted molar refractivity (Wildman–Crippen MR) is 175 cm³/mol. The summed E-state index contributed by atoms with van der Waals surface area (Å²) in [6, 6.07) is 14.2. The van der Waals surface area contributed by atoms with Crippen LogP contribution in [-0.4, -0.2) is 62.3 Å². The number of para-hydroxylation sites is 1. The topological polar surface area (TPSA) is 112 Å². The number of aryl methyl sites for hydroxylation is 3. The first-order valence-electron chi connectivity index (χ1n) is 14.3. The minimum absolute atomic E-state index is 0.0584. The molecule has 4 rings (SSSR count). The number of aromatic nitrogens is 2. The van der Waals surface area contributed by atoms with E-state index < -0.39 is 11.8 Å². The van der Waals surface area contributed by atoms with E-state index in [4.69, 9.17) is 12.2 Å². The second-order valence-electron chi connectivity index (χ2n) is 10.2. The predicted octanol–water partition coefficient (Wildman–Crippen LogP) is 4.91. The number of phenols is 1. The van der Waals surface area contributed by atoms with Gasteiger partial charge in [0.15, 0.2) is 0 Å². The van der Waals surface area contributed by atoms with Gasteiger partial charge in [-0.1, -0.05) is 56.1 Å². The molecule has 0 saturated carbocycles. The van der Waals surface area contributed by atoms with Gasteiger partial charge in [-0.25, -0.2) is 0 Å². The van der Waals surface area contributed by atoms with Crippen molar-refractivity contribution >= 4 is 46.5 Å². The number of phenolic OH excluding ortho intramolecular Hbond substituents is 1. The van der Waals surface area contributed by atoms with Gasteiger partial charge in [0, 0.05) is 35.6 Å². The van der Waals surface area contributed by atoms with E-state index >= 15 is 0 Å². The first kappa shape index (κ1) is 31.3. The minimum atomic E-state index is -0.559.